The smallest absolute Gasteiger partial charge is 0.267 e. The van der Waals surface area contributed by atoms with Crippen molar-refractivity contribution >= 4 is 45.9 Å². The van der Waals surface area contributed by atoms with Crippen LogP contribution in [-0.2, 0) is 4.79 Å². The van der Waals surface area contributed by atoms with Crippen LogP contribution in [-0.4, -0.2) is 50.5 Å². The molecule has 1 unspecified atom stereocenters. The number of amides is 1. The van der Waals surface area contributed by atoms with Crippen LogP contribution in [0.15, 0.2) is 34.6 Å². The van der Waals surface area contributed by atoms with E-state index in [1.165, 1.54) is 40.5 Å². The number of hydrogen-bond acceptors (Lipinski definition) is 9. The third kappa shape index (κ3) is 4.82. The molecule has 5 rings (SSSR count). The third-order valence-electron chi connectivity index (χ3n) is 6.46. The van der Waals surface area contributed by atoms with Gasteiger partial charge < -0.3 is 19.9 Å². The predicted octanol–water partition coefficient (Wildman–Crippen LogP) is 1.39. The largest absolute Gasteiger partial charge is 0.545 e. The molecule has 1 atom stereocenters. The van der Waals surface area contributed by atoms with E-state index in [-0.39, 0.29) is 29.5 Å². The SMILES string of the molecule is O=C([O-])/C=C/c1c(N2CCCC(O)C2)nc2cc(C(=O)Nc3nc(C4CCC4)cs3)ccn2c1=O. The summed E-state index contributed by atoms with van der Waals surface area (Å²) >= 11 is 1.38. The normalized spacial score (nSPS) is 18.7. The summed E-state index contributed by atoms with van der Waals surface area (Å²) in [5.74, 6) is -1.07. The number of nitrogens with one attached hydrogen (secondary N) is 1. The maximum Gasteiger partial charge on any atom is 0.267 e. The number of aromatic nitrogens is 3. The minimum Gasteiger partial charge on any atom is -0.545 e. The molecule has 2 aliphatic rings. The molecule has 3 aromatic heterocycles. The number of aliphatic hydroxyl groups is 1. The van der Waals surface area contributed by atoms with Gasteiger partial charge in [0, 0.05) is 36.1 Å². The average molecular weight is 495 g/mol. The van der Waals surface area contributed by atoms with Gasteiger partial charge in [0.25, 0.3) is 11.5 Å². The number of fused-ring (bicyclic) bond motifs is 1. The minimum atomic E-state index is -1.44. The Labute approximate surface area is 204 Å². The average Bonchev–Trinajstić information content (AvgIpc) is 3.24. The fraction of sp³-hybridized carbons (Fsp3) is 0.375. The standard InChI is InChI=1S/C24H25N5O5S/c30-16-5-2-9-28(12-16)21-17(6-7-20(31)32)23(34)29-10-8-15(11-19(29)26-21)22(33)27-24-25-18(13-35-24)14-3-1-4-14/h6-8,10-11,13-14,16,30H,1-5,9,12H2,(H,31,32)(H,25,27,33)/p-1/b7-6+. The predicted molar refractivity (Wildman–Crippen MR) is 130 cm³/mol. The zero-order valence-electron chi connectivity index (χ0n) is 18.8. The van der Waals surface area contributed by atoms with Crippen LogP contribution in [0, 0.1) is 0 Å². The highest BCUT2D eigenvalue weighted by Gasteiger charge is 2.24. The lowest BCUT2D eigenvalue weighted by Gasteiger charge is -2.32. The van der Waals surface area contributed by atoms with Crippen molar-refractivity contribution in [2.75, 3.05) is 23.3 Å². The number of aliphatic carboxylic acids is 1. The Hall–Kier alpha value is -3.57. The highest BCUT2D eigenvalue weighted by Crippen LogP contribution is 2.37. The van der Waals surface area contributed by atoms with Crippen LogP contribution in [0.2, 0.25) is 0 Å². The third-order valence-corrected chi connectivity index (χ3v) is 7.23. The lowest BCUT2D eigenvalue weighted by molar-refractivity contribution is -0.297. The van der Waals surface area contributed by atoms with Gasteiger partial charge in [-0.3, -0.25) is 19.3 Å². The second-order valence-corrected chi connectivity index (χ2v) is 9.71. The molecule has 1 saturated carbocycles. The number of rotatable bonds is 6. The maximum absolute atomic E-state index is 13.2. The number of aliphatic hydroxyl groups excluding tert-OH is 1. The molecule has 0 bridgehead atoms. The first-order valence-electron chi connectivity index (χ1n) is 11.5. The van der Waals surface area contributed by atoms with Crippen LogP contribution in [0.5, 0.6) is 0 Å². The molecule has 3 aromatic rings. The quantitative estimate of drug-likeness (QED) is 0.490. The van der Waals surface area contributed by atoms with Crippen molar-refractivity contribution in [1.82, 2.24) is 14.4 Å². The van der Waals surface area contributed by atoms with Gasteiger partial charge in [-0.2, -0.15) is 0 Å². The zero-order chi connectivity index (χ0) is 24.5. The van der Waals surface area contributed by atoms with Gasteiger partial charge in [0.1, 0.15) is 11.5 Å². The molecule has 1 amide bonds. The maximum atomic E-state index is 13.2. The summed E-state index contributed by atoms with van der Waals surface area (Å²) in [5, 5.41) is 26.4. The second kappa shape index (κ2) is 9.59. The number of nitrogens with zero attached hydrogens (tertiary/aromatic N) is 4. The van der Waals surface area contributed by atoms with Crippen molar-refractivity contribution in [1.29, 1.82) is 0 Å². The van der Waals surface area contributed by atoms with Crippen LogP contribution < -0.4 is 20.9 Å². The number of carboxylic acids is 1. The van der Waals surface area contributed by atoms with Gasteiger partial charge in [-0.05, 0) is 50.0 Å². The number of carboxylic acid groups (broad SMARTS) is 1. The fourth-order valence-electron chi connectivity index (χ4n) is 4.37. The molecular formula is C24H24N5O5S-. The number of piperidine rings is 1. The Bertz CT molecular complexity index is 1380. The van der Waals surface area contributed by atoms with E-state index in [2.05, 4.69) is 15.3 Å². The van der Waals surface area contributed by atoms with E-state index in [0.29, 0.717) is 36.0 Å². The van der Waals surface area contributed by atoms with Gasteiger partial charge in [0.15, 0.2) is 5.13 Å². The summed E-state index contributed by atoms with van der Waals surface area (Å²) in [5.41, 5.74) is 1.13. The van der Waals surface area contributed by atoms with Crippen molar-refractivity contribution in [2.24, 2.45) is 0 Å². The molecule has 35 heavy (non-hydrogen) atoms. The van der Waals surface area contributed by atoms with Crippen molar-refractivity contribution in [2.45, 2.75) is 44.1 Å². The Balaban J connectivity index is 1.49. The second-order valence-electron chi connectivity index (χ2n) is 8.85. The van der Waals surface area contributed by atoms with E-state index < -0.39 is 17.6 Å². The summed E-state index contributed by atoms with van der Waals surface area (Å²) < 4.78 is 1.26. The molecule has 10 nitrogen and oxygen atoms in total. The minimum absolute atomic E-state index is 0.0734. The number of β-amino-alcohol motifs (C(OH)–C–C–N with tert-alkyl or cyclic N) is 1. The summed E-state index contributed by atoms with van der Waals surface area (Å²) in [6.07, 6.45) is 7.59. The highest BCUT2D eigenvalue weighted by atomic mass is 32.1. The van der Waals surface area contributed by atoms with Crippen LogP contribution in [0.4, 0.5) is 10.9 Å². The first-order valence-corrected chi connectivity index (χ1v) is 12.4. The molecule has 1 aliphatic heterocycles. The highest BCUT2D eigenvalue weighted by molar-refractivity contribution is 7.14. The van der Waals surface area contributed by atoms with E-state index in [0.717, 1.165) is 30.7 Å². The van der Waals surface area contributed by atoms with E-state index in [1.54, 1.807) is 4.90 Å². The number of thiazole rings is 1. The van der Waals surface area contributed by atoms with Gasteiger partial charge in [0.2, 0.25) is 0 Å². The van der Waals surface area contributed by atoms with Gasteiger partial charge in [-0.25, -0.2) is 9.97 Å². The molecule has 11 heteroatoms. The molecule has 0 radical (unpaired) electrons. The summed E-state index contributed by atoms with van der Waals surface area (Å²) in [6.45, 7) is 0.821. The number of anilines is 2. The lowest BCUT2D eigenvalue weighted by Crippen LogP contribution is -2.40. The van der Waals surface area contributed by atoms with Crippen molar-refractivity contribution in [3.8, 4) is 0 Å². The van der Waals surface area contributed by atoms with Crippen LogP contribution >= 0.6 is 11.3 Å². The van der Waals surface area contributed by atoms with Gasteiger partial charge in [0.05, 0.1) is 23.3 Å². The lowest BCUT2D eigenvalue weighted by atomic mass is 9.83. The topological polar surface area (TPSA) is 140 Å². The van der Waals surface area contributed by atoms with E-state index in [1.807, 2.05) is 5.38 Å². The molecule has 0 aromatic carbocycles. The Kier molecular flexibility index (Phi) is 6.35. The van der Waals surface area contributed by atoms with Crippen molar-refractivity contribution in [3.63, 3.8) is 0 Å². The first-order chi connectivity index (χ1) is 16.9. The number of carbonyl (C=O) groups is 2. The molecular weight excluding hydrogens is 470 g/mol. The summed E-state index contributed by atoms with van der Waals surface area (Å²) in [6, 6.07) is 3.01. The summed E-state index contributed by atoms with van der Waals surface area (Å²) in [4.78, 5) is 48.0. The van der Waals surface area contributed by atoms with E-state index in [9.17, 15) is 24.6 Å². The van der Waals surface area contributed by atoms with E-state index >= 15 is 0 Å². The Morgan fingerprint density at radius 2 is 2.06 bits per heavy atom. The van der Waals surface area contributed by atoms with Gasteiger partial charge >= 0.3 is 0 Å². The zero-order valence-corrected chi connectivity index (χ0v) is 19.7. The van der Waals surface area contributed by atoms with Gasteiger partial charge in [-0.15, -0.1) is 11.3 Å². The molecule has 4 heterocycles. The van der Waals surface area contributed by atoms with Crippen LogP contribution in [0.3, 0.4) is 0 Å². The molecule has 0 spiro atoms. The number of carbonyl (C=O) groups excluding carboxylic acids is 2. The van der Waals surface area contributed by atoms with Crippen LogP contribution in [0.1, 0.15) is 59.6 Å². The Morgan fingerprint density at radius 3 is 2.77 bits per heavy atom. The monoisotopic (exact) mass is 494 g/mol. The summed E-state index contributed by atoms with van der Waals surface area (Å²) in [7, 11) is 0. The molecule has 1 aliphatic carbocycles. The van der Waals surface area contributed by atoms with Crippen molar-refractivity contribution in [3.05, 3.63) is 57.0 Å². The molecule has 2 fully saturated rings. The molecule has 2 N–H and O–H groups in total. The first kappa shape index (κ1) is 23.2. The number of pyridine rings is 1. The molecule has 1 saturated heterocycles. The van der Waals surface area contributed by atoms with Gasteiger partial charge in [-0.1, -0.05) is 6.42 Å². The molecule has 182 valence electrons. The fourth-order valence-corrected chi connectivity index (χ4v) is 5.16. The number of hydrogen-bond donors (Lipinski definition) is 2. The Morgan fingerprint density at radius 1 is 1.23 bits per heavy atom. The van der Waals surface area contributed by atoms with Crippen molar-refractivity contribution < 1.29 is 19.8 Å². The van der Waals surface area contributed by atoms with Crippen LogP contribution in [0.25, 0.3) is 11.7 Å². The van der Waals surface area contributed by atoms with E-state index in [4.69, 9.17) is 0 Å².